The molecule has 0 spiro atoms. The molecule has 9 heteroatoms. The van der Waals surface area contributed by atoms with Gasteiger partial charge in [-0.2, -0.15) is 0 Å². The Morgan fingerprint density at radius 3 is 2.59 bits per heavy atom. The highest BCUT2D eigenvalue weighted by Crippen LogP contribution is 2.45. The topological polar surface area (TPSA) is 108 Å². The zero-order chi connectivity index (χ0) is 26.4. The number of nitrogens with two attached hydrogens (primary N) is 1. The van der Waals surface area contributed by atoms with Crippen molar-refractivity contribution in [2.75, 3.05) is 39.9 Å². The van der Waals surface area contributed by atoms with Crippen molar-refractivity contribution in [1.29, 1.82) is 0 Å². The first-order valence-electron chi connectivity index (χ1n) is 13.0. The number of amides is 2. The quantitative estimate of drug-likeness (QED) is 0.442. The molecular formula is C28H38FN3O5. The Morgan fingerprint density at radius 2 is 1.89 bits per heavy atom. The lowest BCUT2D eigenvalue weighted by Crippen LogP contribution is -2.52. The number of hydrogen-bond acceptors (Lipinski definition) is 6. The maximum absolute atomic E-state index is 15.2. The summed E-state index contributed by atoms with van der Waals surface area (Å²) in [5.74, 6) is -0.422. The fraction of sp³-hybridized carbons (Fsp3) is 0.536. The summed E-state index contributed by atoms with van der Waals surface area (Å²) < 4.78 is 26.4. The molecule has 2 heterocycles. The maximum atomic E-state index is 15.2. The van der Waals surface area contributed by atoms with Gasteiger partial charge in [0, 0.05) is 57.4 Å². The van der Waals surface area contributed by atoms with Crippen LogP contribution in [-0.2, 0) is 10.3 Å². The Balaban J connectivity index is 1.63. The van der Waals surface area contributed by atoms with Crippen LogP contribution in [0.2, 0.25) is 0 Å². The minimum absolute atomic E-state index is 0.0000281. The number of carbonyl (C=O) groups is 1. The van der Waals surface area contributed by atoms with Gasteiger partial charge < -0.3 is 35.2 Å². The van der Waals surface area contributed by atoms with Crippen molar-refractivity contribution >= 4 is 6.03 Å². The first-order valence-corrected chi connectivity index (χ1v) is 13.0. The molecule has 2 aromatic rings. The van der Waals surface area contributed by atoms with Gasteiger partial charge >= 0.3 is 6.03 Å². The van der Waals surface area contributed by atoms with Gasteiger partial charge in [0.2, 0.25) is 0 Å². The van der Waals surface area contributed by atoms with Crippen molar-refractivity contribution in [3.05, 3.63) is 59.9 Å². The minimum Gasteiger partial charge on any atom is -0.454 e. The number of ether oxygens (including phenoxy) is 2. The second-order valence-corrected chi connectivity index (χ2v) is 10.1. The van der Waals surface area contributed by atoms with E-state index in [2.05, 4.69) is 0 Å². The largest absolute Gasteiger partial charge is 0.454 e. The van der Waals surface area contributed by atoms with E-state index in [1.54, 1.807) is 53.3 Å². The van der Waals surface area contributed by atoms with E-state index in [4.69, 9.17) is 15.2 Å². The minimum atomic E-state index is -1.43. The summed E-state index contributed by atoms with van der Waals surface area (Å²) in [5, 5.41) is 22.4. The van der Waals surface area contributed by atoms with Gasteiger partial charge in [-0.05, 0) is 50.3 Å². The first-order chi connectivity index (χ1) is 17.8. The number of urea groups is 1. The van der Waals surface area contributed by atoms with Gasteiger partial charge in [-0.15, -0.1) is 0 Å². The van der Waals surface area contributed by atoms with E-state index in [-0.39, 0.29) is 24.2 Å². The van der Waals surface area contributed by atoms with Crippen LogP contribution in [0.15, 0.2) is 48.5 Å². The van der Waals surface area contributed by atoms with Gasteiger partial charge in [-0.3, -0.25) is 0 Å². The molecule has 4 rings (SSSR count). The third kappa shape index (κ3) is 6.23. The van der Waals surface area contributed by atoms with E-state index in [9.17, 15) is 15.0 Å². The molecule has 0 aliphatic carbocycles. The monoisotopic (exact) mass is 515 g/mol. The van der Waals surface area contributed by atoms with Gasteiger partial charge in [0.1, 0.15) is 5.75 Å². The second-order valence-electron chi connectivity index (χ2n) is 10.1. The normalized spacial score (nSPS) is 23.6. The predicted molar refractivity (Wildman–Crippen MR) is 138 cm³/mol. The van der Waals surface area contributed by atoms with E-state index in [1.807, 2.05) is 6.07 Å². The fourth-order valence-corrected chi connectivity index (χ4v) is 5.47. The third-order valence-electron chi connectivity index (χ3n) is 7.52. The summed E-state index contributed by atoms with van der Waals surface area (Å²) in [6.45, 7) is 1.90. The van der Waals surface area contributed by atoms with Crippen LogP contribution in [0, 0.1) is 11.7 Å². The summed E-state index contributed by atoms with van der Waals surface area (Å²) in [4.78, 5) is 16.6. The van der Waals surface area contributed by atoms with Gasteiger partial charge in [0.25, 0.3) is 0 Å². The standard InChI is InChI=1S/C28H38FN3O5/c1-36-16-6-5-14-28(35,22-12-7-13-23(29)26(22)37-21-10-3-2-4-11-21)20-9-8-15-31(17-20)27(34)32-18-24(30)25(33)19-32/h2-4,7,10-13,20,24-25,33,35H,5-6,8-9,14-19,30H2,1H3. The highest BCUT2D eigenvalue weighted by atomic mass is 19.1. The Morgan fingerprint density at radius 1 is 1.11 bits per heavy atom. The average molecular weight is 516 g/mol. The number of carbonyl (C=O) groups excluding carboxylic acids is 1. The number of nitrogens with zero attached hydrogens (tertiary/aromatic N) is 2. The molecular weight excluding hydrogens is 477 g/mol. The van der Waals surface area contributed by atoms with Crippen molar-refractivity contribution in [1.82, 2.24) is 9.80 Å². The van der Waals surface area contributed by atoms with Crippen LogP contribution in [0.3, 0.4) is 0 Å². The number of aliphatic hydroxyl groups excluding tert-OH is 1. The van der Waals surface area contributed by atoms with E-state index >= 15 is 4.39 Å². The van der Waals surface area contributed by atoms with Gasteiger partial charge in [0.05, 0.1) is 11.7 Å². The number of aliphatic hydroxyl groups is 2. The molecule has 0 saturated carbocycles. The number of halogens is 1. The Labute approximate surface area is 217 Å². The maximum Gasteiger partial charge on any atom is 0.320 e. The van der Waals surface area contributed by atoms with E-state index < -0.39 is 23.6 Å². The molecule has 2 aliphatic rings. The SMILES string of the molecule is COCCCCC(O)(c1cccc(F)c1Oc1ccccc1)C1CCCN(C(=O)N2CC(N)C(O)C2)C1. The summed E-state index contributed by atoms with van der Waals surface area (Å²) in [7, 11) is 1.64. The molecule has 0 bridgehead atoms. The summed E-state index contributed by atoms with van der Waals surface area (Å²) in [6.07, 6.45) is 2.39. The molecule has 2 fully saturated rings. The zero-order valence-corrected chi connectivity index (χ0v) is 21.4. The number of likely N-dealkylation sites (tertiary alicyclic amines) is 2. The molecule has 8 nitrogen and oxygen atoms in total. The predicted octanol–water partition coefficient (Wildman–Crippen LogP) is 3.46. The third-order valence-corrected chi connectivity index (χ3v) is 7.52. The van der Waals surface area contributed by atoms with E-state index in [1.165, 1.54) is 6.07 Å². The average Bonchev–Trinajstić information content (AvgIpc) is 3.25. The molecule has 2 aromatic carbocycles. The van der Waals surface area contributed by atoms with Crippen LogP contribution in [0.4, 0.5) is 9.18 Å². The van der Waals surface area contributed by atoms with Crippen molar-refractivity contribution in [2.45, 2.75) is 49.9 Å². The van der Waals surface area contributed by atoms with Crippen molar-refractivity contribution in [2.24, 2.45) is 11.7 Å². The number of piperidine rings is 1. The van der Waals surface area contributed by atoms with Crippen LogP contribution < -0.4 is 10.5 Å². The summed E-state index contributed by atoms with van der Waals surface area (Å²) in [5.41, 5.74) is 4.87. The number of β-amino-alcohol motifs (C(OH)–C–C–N with tert-alkyl or cyclic N) is 1. The number of rotatable bonds is 9. The Hall–Kier alpha value is -2.72. The highest BCUT2D eigenvalue weighted by Gasteiger charge is 2.44. The number of para-hydroxylation sites is 2. The number of unbranched alkanes of at least 4 members (excludes halogenated alkanes) is 1. The number of hydrogen-bond donors (Lipinski definition) is 3. The molecule has 4 unspecified atom stereocenters. The fourth-order valence-electron chi connectivity index (χ4n) is 5.47. The van der Waals surface area contributed by atoms with Gasteiger partial charge in [-0.1, -0.05) is 30.3 Å². The molecule has 4 atom stereocenters. The van der Waals surface area contributed by atoms with Crippen LogP contribution in [0.1, 0.15) is 37.7 Å². The molecule has 37 heavy (non-hydrogen) atoms. The molecule has 2 saturated heterocycles. The number of methoxy groups -OCH3 is 1. The van der Waals surface area contributed by atoms with Gasteiger partial charge in [0.15, 0.2) is 11.6 Å². The molecule has 2 aliphatic heterocycles. The Bertz CT molecular complexity index is 1030. The van der Waals surface area contributed by atoms with Crippen LogP contribution in [0.25, 0.3) is 0 Å². The first kappa shape index (κ1) is 27.3. The lowest BCUT2D eigenvalue weighted by atomic mass is 9.73. The Kier molecular flexibility index (Phi) is 9.02. The van der Waals surface area contributed by atoms with Crippen LogP contribution in [-0.4, -0.2) is 78.1 Å². The van der Waals surface area contributed by atoms with Crippen LogP contribution >= 0.6 is 0 Å². The molecule has 0 aromatic heterocycles. The lowest BCUT2D eigenvalue weighted by Gasteiger charge is -2.44. The summed E-state index contributed by atoms with van der Waals surface area (Å²) in [6, 6.07) is 12.9. The molecule has 202 valence electrons. The molecule has 2 amide bonds. The second kappa shape index (κ2) is 12.2. The van der Waals surface area contributed by atoms with Gasteiger partial charge in [-0.25, -0.2) is 9.18 Å². The van der Waals surface area contributed by atoms with E-state index in [0.717, 1.165) is 6.42 Å². The van der Waals surface area contributed by atoms with Crippen molar-refractivity contribution < 1.29 is 28.9 Å². The number of benzene rings is 2. The van der Waals surface area contributed by atoms with Crippen molar-refractivity contribution in [3.63, 3.8) is 0 Å². The smallest absolute Gasteiger partial charge is 0.320 e. The molecule has 0 radical (unpaired) electrons. The van der Waals surface area contributed by atoms with E-state index in [0.29, 0.717) is 63.2 Å². The lowest BCUT2D eigenvalue weighted by molar-refractivity contribution is -0.0590. The van der Waals surface area contributed by atoms with Crippen LogP contribution in [0.5, 0.6) is 11.5 Å². The zero-order valence-electron chi connectivity index (χ0n) is 21.4. The van der Waals surface area contributed by atoms with Crippen molar-refractivity contribution in [3.8, 4) is 11.5 Å². The molecule has 4 N–H and O–H groups in total. The highest BCUT2D eigenvalue weighted by molar-refractivity contribution is 5.75. The summed E-state index contributed by atoms with van der Waals surface area (Å²) >= 11 is 0.